The zero-order valence-corrected chi connectivity index (χ0v) is 9.49. The van der Waals surface area contributed by atoms with E-state index in [4.69, 9.17) is 9.84 Å². The van der Waals surface area contributed by atoms with Crippen LogP contribution in [0, 0.1) is 6.42 Å². The molecule has 0 amide bonds. The third kappa shape index (κ3) is 4.40. The molecule has 1 aliphatic carbocycles. The molecule has 0 aliphatic heterocycles. The maximum atomic E-state index is 14.0. The number of methoxy groups -OCH3 is 1. The zero-order valence-electron chi connectivity index (χ0n) is 9.49. The molecule has 0 saturated heterocycles. The molecule has 0 saturated carbocycles. The molecule has 2 atom stereocenters. The first-order valence-corrected chi connectivity index (χ1v) is 5.22. The molecule has 0 aromatic heterocycles. The summed E-state index contributed by atoms with van der Waals surface area (Å²) in [4.78, 5) is 10.2. The van der Waals surface area contributed by atoms with Gasteiger partial charge in [0, 0.05) is 20.0 Å². The predicted molar refractivity (Wildman–Crippen MR) is 55.6 cm³/mol. The molecular formula is C11H15F2O4. The van der Waals surface area contributed by atoms with Gasteiger partial charge in [-0.05, 0) is 12.5 Å². The number of hydrogen-bond acceptors (Lipinski definition) is 3. The van der Waals surface area contributed by atoms with Crippen molar-refractivity contribution in [3.05, 3.63) is 18.6 Å². The van der Waals surface area contributed by atoms with Crippen molar-refractivity contribution in [2.45, 2.75) is 31.0 Å². The lowest BCUT2D eigenvalue weighted by atomic mass is 9.97. The fraction of sp³-hybridized carbons (Fsp3) is 0.636. The quantitative estimate of drug-likeness (QED) is 0.731. The second-order valence-corrected chi connectivity index (χ2v) is 3.82. The van der Waals surface area contributed by atoms with Crippen LogP contribution in [0.15, 0.2) is 12.2 Å². The monoisotopic (exact) mass is 249 g/mol. The molecule has 0 spiro atoms. The summed E-state index contributed by atoms with van der Waals surface area (Å²) in [6.07, 6.45) is 2.85. The van der Waals surface area contributed by atoms with Gasteiger partial charge in [0.1, 0.15) is 0 Å². The molecule has 2 unspecified atom stereocenters. The summed E-state index contributed by atoms with van der Waals surface area (Å²) in [6, 6.07) is 0. The number of rotatable bonds is 6. The van der Waals surface area contributed by atoms with Gasteiger partial charge < -0.3 is 14.6 Å². The van der Waals surface area contributed by atoms with Crippen LogP contribution in [0.5, 0.6) is 0 Å². The van der Waals surface area contributed by atoms with Crippen molar-refractivity contribution < 1.29 is 28.2 Å². The summed E-state index contributed by atoms with van der Waals surface area (Å²) in [5.41, 5.74) is 0. The van der Waals surface area contributed by atoms with E-state index in [1.807, 2.05) is 0 Å². The van der Waals surface area contributed by atoms with Crippen molar-refractivity contribution in [3.63, 3.8) is 0 Å². The maximum absolute atomic E-state index is 14.0. The van der Waals surface area contributed by atoms with Gasteiger partial charge in [-0.1, -0.05) is 6.08 Å². The van der Waals surface area contributed by atoms with Crippen molar-refractivity contribution in [2.75, 3.05) is 13.7 Å². The average Bonchev–Trinajstić information content (AvgIpc) is 2.24. The fourth-order valence-corrected chi connectivity index (χ4v) is 1.49. The molecule has 4 nitrogen and oxygen atoms in total. The van der Waals surface area contributed by atoms with Crippen molar-refractivity contribution in [1.29, 1.82) is 0 Å². The van der Waals surface area contributed by atoms with Crippen molar-refractivity contribution in [1.82, 2.24) is 0 Å². The molecule has 0 aromatic carbocycles. The van der Waals surface area contributed by atoms with Gasteiger partial charge in [0.15, 0.2) is 0 Å². The number of halogens is 2. The Kier molecular flexibility index (Phi) is 4.59. The number of aliphatic carboxylic acids is 1. The van der Waals surface area contributed by atoms with Crippen LogP contribution in [0.3, 0.4) is 0 Å². The Balaban J connectivity index is 2.43. The van der Waals surface area contributed by atoms with Gasteiger partial charge in [0.25, 0.3) is 0 Å². The molecular weight excluding hydrogens is 234 g/mol. The van der Waals surface area contributed by atoms with Gasteiger partial charge in [-0.15, -0.1) is 0 Å². The lowest BCUT2D eigenvalue weighted by Crippen LogP contribution is -2.41. The van der Waals surface area contributed by atoms with E-state index in [9.17, 15) is 13.6 Å². The second-order valence-electron chi connectivity index (χ2n) is 3.82. The van der Waals surface area contributed by atoms with Crippen LogP contribution in [0.1, 0.15) is 19.3 Å². The summed E-state index contributed by atoms with van der Waals surface area (Å²) in [5.74, 6) is -5.42. The van der Waals surface area contributed by atoms with Crippen LogP contribution in [-0.4, -0.2) is 36.5 Å². The summed E-state index contributed by atoms with van der Waals surface area (Å²) in [5, 5.41) is 8.39. The summed E-state index contributed by atoms with van der Waals surface area (Å²) < 4.78 is 37.1. The molecule has 0 fully saturated rings. The minimum absolute atomic E-state index is 0.0903. The van der Waals surface area contributed by atoms with Crippen molar-refractivity contribution in [2.24, 2.45) is 0 Å². The Morgan fingerprint density at radius 1 is 1.47 bits per heavy atom. The van der Waals surface area contributed by atoms with E-state index < -0.39 is 24.1 Å². The molecule has 97 valence electrons. The van der Waals surface area contributed by atoms with E-state index in [0.29, 0.717) is 0 Å². The first-order chi connectivity index (χ1) is 7.89. The standard InChI is InChI=1S/C11H15F2O4/c1-16-10(12)5-3-6-11(13,8-10)17-7-2-4-9(14)15/h3,5-6H,2,4,7-8H2,1H3,(H,14,15). The molecule has 0 aromatic rings. The minimum atomic E-state index is -2.25. The maximum Gasteiger partial charge on any atom is 0.303 e. The lowest BCUT2D eigenvalue weighted by Gasteiger charge is -2.33. The molecule has 1 aliphatic rings. The number of carboxylic acids is 1. The summed E-state index contributed by atoms with van der Waals surface area (Å²) in [6.45, 7) is -0.0903. The third-order valence-electron chi connectivity index (χ3n) is 2.39. The molecule has 1 N–H and O–H groups in total. The highest BCUT2D eigenvalue weighted by atomic mass is 19.2. The van der Waals surface area contributed by atoms with Crippen LogP contribution in [0.4, 0.5) is 8.78 Å². The van der Waals surface area contributed by atoms with E-state index in [2.05, 4.69) is 4.74 Å². The van der Waals surface area contributed by atoms with Crippen LogP contribution in [-0.2, 0) is 14.3 Å². The van der Waals surface area contributed by atoms with Gasteiger partial charge >= 0.3 is 5.97 Å². The highest BCUT2D eigenvalue weighted by Crippen LogP contribution is 2.36. The Labute approximate surface area is 98.2 Å². The van der Waals surface area contributed by atoms with Gasteiger partial charge in [-0.25, -0.2) is 8.78 Å². The van der Waals surface area contributed by atoms with Crippen molar-refractivity contribution >= 4 is 5.97 Å². The number of ether oxygens (including phenoxy) is 2. The molecule has 0 heterocycles. The normalized spacial score (nSPS) is 32.6. The Hall–Kier alpha value is -1.01. The number of hydrogen-bond donors (Lipinski definition) is 1. The van der Waals surface area contributed by atoms with Gasteiger partial charge in [0.2, 0.25) is 11.7 Å². The average molecular weight is 249 g/mol. The second kappa shape index (κ2) is 5.55. The Bertz CT molecular complexity index is 308. The third-order valence-corrected chi connectivity index (χ3v) is 2.39. The highest BCUT2D eigenvalue weighted by molar-refractivity contribution is 5.66. The topological polar surface area (TPSA) is 55.8 Å². The first kappa shape index (κ1) is 14.1. The molecule has 1 radical (unpaired) electrons. The fourth-order valence-electron chi connectivity index (χ4n) is 1.49. The molecule has 1 rings (SSSR count). The zero-order chi connectivity index (χ0) is 12.9. The highest BCUT2D eigenvalue weighted by Gasteiger charge is 2.44. The smallest absolute Gasteiger partial charge is 0.303 e. The van der Waals surface area contributed by atoms with Gasteiger partial charge in [0.05, 0.1) is 13.0 Å². The lowest BCUT2D eigenvalue weighted by molar-refractivity contribution is -0.193. The van der Waals surface area contributed by atoms with Crippen molar-refractivity contribution in [3.8, 4) is 0 Å². The number of alkyl halides is 2. The summed E-state index contributed by atoms with van der Waals surface area (Å²) in [7, 11) is 1.14. The van der Waals surface area contributed by atoms with E-state index in [-0.39, 0.29) is 19.4 Å². The Morgan fingerprint density at radius 2 is 2.18 bits per heavy atom. The van der Waals surface area contributed by atoms with E-state index in [0.717, 1.165) is 19.6 Å². The number of carboxylic acid groups (broad SMARTS) is 1. The SMILES string of the molecule is COC1(F)[CH]C=CC(F)(OCCCC(=O)O)C1. The van der Waals surface area contributed by atoms with Gasteiger partial charge in [-0.2, -0.15) is 0 Å². The molecule has 6 heteroatoms. The summed E-state index contributed by atoms with van der Waals surface area (Å²) >= 11 is 0. The van der Waals surface area contributed by atoms with Crippen LogP contribution >= 0.6 is 0 Å². The van der Waals surface area contributed by atoms with E-state index >= 15 is 0 Å². The molecule has 17 heavy (non-hydrogen) atoms. The van der Waals surface area contributed by atoms with Crippen LogP contribution < -0.4 is 0 Å². The minimum Gasteiger partial charge on any atom is -0.481 e. The van der Waals surface area contributed by atoms with Crippen LogP contribution in [0.2, 0.25) is 0 Å². The Morgan fingerprint density at radius 3 is 2.76 bits per heavy atom. The predicted octanol–water partition coefficient (Wildman–Crippen LogP) is 2.01. The largest absolute Gasteiger partial charge is 0.481 e. The number of carbonyl (C=O) groups is 1. The van der Waals surface area contributed by atoms with Crippen LogP contribution in [0.25, 0.3) is 0 Å². The van der Waals surface area contributed by atoms with E-state index in [1.165, 1.54) is 6.08 Å². The van der Waals surface area contributed by atoms with Gasteiger partial charge in [-0.3, -0.25) is 4.79 Å². The van der Waals surface area contributed by atoms with E-state index in [1.54, 1.807) is 0 Å². The molecule has 0 bridgehead atoms. The first-order valence-electron chi connectivity index (χ1n) is 5.22.